The van der Waals surface area contributed by atoms with E-state index in [-0.39, 0.29) is 16.9 Å². The molecule has 2 unspecified atom stereocenters. The average molecular weight is 333 g/mol. The van der Waals surface area contributed by atoms with Crippen LogP contribution < -0.4 is 10.0 Å². The van der Waals surface area contributed by atoms with Gasteiger partial charge in [0.1, 0.15) is 0 Å². The fraction of sp³-hybridized carbons (Fsp3) is 0.600. The smallest absolute Gasteiger partial charge is 0.240 e. The largest absolute Gasteiger partial charge is 0.313 e. The summed E-state index contributed by atoms with van der Waals surface area (Å²) < 4.78 is 27.6. The normalized spacial score (nSPS) is 14.9. The van der Waals surface area contributed by atoms with E-state index in [1.807, 2.05) is 27.7 Å². The van der Waals surface area contributed by atoms with Crippen molar-refractivity contribution in [3.8, 4) is 0 Å². The van der Waals surface area contributed by atoms with Gasteiger partial charge in [0, 0.05) is 17.6 Å². The van der Waals surface area contributed by atoms with Crippen LogP contribution in [0.15, 0.2) is 23.1 Å². The van der Waals surface area contributed by atoms with E-state index in [1.54, 1.807) is 18.2 Å². The Morgan fingerprint density at radius 2 is 1.90 bits per heavy atom. The van der Waals surface area contributed by atoms with Crippen LogP contribution in [0.4, 0.5) is 0 Å². The molecule has 0 saturated carbocycles. The van der Waals surface area contributed by atoms with Crippen molar-refractivity contribution in [1.29, 1.82) is 0 Å². The van der Waals surface area contributed by atoms with Gasteiger partial charge in [0.25, 0.3) is 0 Å². The monoisotopic (exact) mass is 332 g/mol. The predicted octanol–water partition coefficient (Wildman–Crippen LogP) is 3.16. The standard InChI is InChI=1S/C15H25ClN2O2S/c1-5-11(3)12(4)18-21(19,20)14-7-8-15(16)13(9-14)10-17-6-2/h7-9,11-12,17-18H,5-6,10H2,1-4H3. The summed E-state index contributed by atoms with van der Waals surface area (Å²) in [6, 6.07) is 4.71. The van der Waals surface area contributed by atoms with Crippen molar-refractivity contribution in [3.63, 3.8) is 0 Å². The Balaban J connectivity index is 2.98. The molecule has 6 heteroatoms. The van der Waals surface area contributed by atoms with Crippen LogP contribution in [0.25, 0.3) is 0 Å². The number of sulfonamides is 1. The number of rotatable bonds is 8. The van der Waals surface area contributed by atoms with Crippen molar-refractivity contribution >= 4 is 21.6 Å². The first-order chi connectivity index (χ1) is 9.81. The molecular formula is C15H25ClN2O2S. The van der Waals surface area contributed by atoms with Gasteiger partial charge in [-0.15, -0.1) is 0 Å². The van der Waals surface area contributed by atoms with E-state index in [4.69, 9.17) is 11.6 Å². The van der Waals surface area contributed by atoms with Crippen LogP contribution in [0.2, 0.25) is 5.02 Å². The molecule has 1 aromatic rings. The molecular weight excluding hydrogens is 308 g/mol. The van der Waals surface area contributed by atoms with Crippen LogP contribution in [0.1, 0.15) is 39.7 Å². The maximum atomic E-state index is 12.4. The molecule has 0 amide bonds. The predicted molar refractivity (Wildman–Crippen MR) is 88.1 cm³/mol. The fourth-order valence-corrected chi connectivity index (χ4v) is 3.48. The summed E-state index contributed by atoms with van der Waals surface area (Å²) >= 11 is 6.11. The molecule has 0 radical (unpaired) electrons. The van der Waals surface area contributed by atoms with E-state index in [0.29, 0.717) is 11.6 Å². The zero-order valence-electron chi connectivity index (χ0n) is 13.1. The lowest BCUT2D eigenvalue weighted by atomic mass is 10.0. The molecule has 0 aliphatic heterocycles. The van der Waals surface area contributed by atoms with Crippen LogP contribution in [0, 0.1) is 5.92 Å². The molecule has 0 spiro atoms. The molecule has 0 aliphatic carbocycles. The lowest BCUT2D eigenvalue weighted by Crippen LogP contribution is -2.36. The van der Waals surface area contributed by atoms with Gasteiger partial charge in [-0.05, 0) is 43.1 Å². The molecule has 0 fully saturated rings. The first-order valence-electron chi connectivity index (χ1n) is 7.33. The zero-order valence-corrected chi connectivity index (χ0v) is 14.7. The van der Waals surface area contributed by atoms with Crippen molar-refractivity contribution in [3.05, 3.63) is 28.8 Å². The molecule has 0 aliphatic rings. The van der Waals surface area contributed by atoms with Crippen LogP contribution in [0.5, 0.6) is 0 Å². The highest BCUT2D eigenvalue weighted by Crippen LogP contribution is 2.21. The van der Waals surface area contributed by atoms with Crippen LogP contribution in [-0.4, -0.2) is 21.0 Å². The average Bonchev–Trinajstić information content (AvgIpc) is 2.44. The highest BCUT2D eigenvalue weighted by Gasteiger charge is 2.21. The quantitative estimate of drug-likeness (QED) is 0.768. The number of nitrogens with one attached hydrogen (secondary N) is 2. The van der Waals surface area contributed by atoms with E-state index < -0.39 is 10.0 Å². The van der Waals surface area contributed by atoms with Crippen molar-refractivity contribution in [1.82, 2.24) is 10.0 Å². The molecule has 120 valence electrons. The molecule has 0 bridgehead atoms. The highest BCUT2D eigenvalue weighted by atomic mass is 35.5. The minimum absolute atomic E-state index is 0.104. The van der Waals surface area contributed by atoms with Gasteiger partial charge in [0.2, 0.25) is 10.0 Å². The summed E-state index contributed by atoms with van der Waals surface area (Å²) in [5.41, 5.74) is 0.789. The van der Waals surface area contributed by atoms with Gasteiger partial charge >= 0.3 is 0 Å². The topological polar surface area (TPSA) is 58.2 Å². The SMILES string of the molecule is CCNCc1cc(S(=O)(=O)NC(C)C(C)CC)ccc1Cl. The summed E-state index contributed by atoms with van der Waals surface area (Å²) in [7, 11) is -3.52. The van der Waals surface area contributed by atoms with Crippen molar-refractivity contribution in [2.24, 2.45) is 5.92 Å². The molecule has 2 N–H and O–H groups in total. The van der Waals surface area contributed by atoms with Gasteiger partial charge in [0.05, 0.1) is 4.90 Å². The number of hydrogen-bond donors (Lipinski definition) is 2. The van der Waals surface area contributed by atoms with Crippen molar-refractivity contribution in [2.75, 3.05) is 6.54 Å². The van der Waals surface area contributed by atoms with Crippen LogP contribution in [0.3, 0.4) is 0 Å². The Bertz CT molecular complexity index is 561. The molecule has 1 aromatic carbocycles. The molecule has 4 nitrogen and oxygen atoms in total. The minimum atomic E-state index is -3.52. The van der Waals surface area contributed by atoms with E-state index >= 15 is 0 Å². The maximum absolute atomic E-state index is 12.4. The Hall–Kier alpha value is -0.620. The third kappa shape index (κ3) is 5.25. The molecule has 0 aromatic heterocycles. The van der Waals surface area contributed by atoms with Crippen molar-refractivity contribution in [2.45, 2.75) is 51.6 Å². The van der Waals surface area contributed by atoms with Gasteiger partial charge < -0.3 is 5.32 Å². The Morgan fingerprint density at radius 1 is 1.24 bits per heavy atom. The lowest BCUT2D eigenvalue weighted by molar-refractivity contribution is 0.434. The second-order valence-electron chi connectivity index (χ2n) is 5.33. The number of benzene rings is 1. The van der Waals surface area contributed by atoms with Gasteiger partial charge in [-0.2, -0.15) is 0 Å². The van der Waals surface area contributed by atoms with Gasteiger partial charge in [-0.3, -0.25) is 0 Å². The number of hydrogen-bond acceptors (Lipinski definition) is 3. The van der Waals surface area contributed by atoms with Gasteiger partial charge in [-0.25, -0.2) is 13.1 Å². The molecule has 2 atom stereocenters. The first kappa shape index (κ1) is 18.4. The molecule has 0 heterocycles. The molecule has 0 saturated heterocycles. The van der Waals surface area contributed by atoms with Crippen LogP contribution >= 0.6 is 11.6 Å². The lowest BCUT2D eigenvalue weighted by Gasteiger charge is -2.20. The zero-order chi connectivity index (χ0) is 16.0. The Morgan fingerprint density at radius 3 is 2.48 bits per heavy atom. The van der Waals surface area contributed by atoms with E-state index in [2.05, 4.69) is 10.0 Å². The summed E-state index contributed by atoms with van der Waals surface area (Å²) in [6.07, 6.45) is 0.927. The van der Waals surface area contributed by atoms with E-state index in [1.165, 1.54) is 0 Å². The maximum Gasteiger partial charge on any atom is 0.240 e. The molecule has 1 rings (SSSR count). The Kier molecular flexibility index (Phi) is 7.13. The summed E-state index contributed by atoms with van der Waals surface area (Å²) in [5.74, 6) is 0.285. The van der Waals surface area contributed by atoms with Crippen molar-refractivity contribution < 1.29 is 8.42 Å². The fourth-order valence-electron chi connectivity index (χ4n) is 1.90. The minimum Gasteiger partial charge on any atom is -0.313 e. The summed E-state index contributed by atoms with van der Waals surface area (Å²) in [5, 5.41) is 3.73. The number of halogens is 1. The second-order valence-corrected chi connectivity index (χ2v) is 7.45. The van der Waals surface area contributed by atoms with Gasteiger partial charge in [0.15, 0.2) is 0 Å². The second kappa shape index (κ2) is 8.13. The van der Waals surface area contributed by atoms with Crippen LogP contribution in [-0.2, 0) is 16.6 Å². The highest BCUT2D eigenvalue weighted by molar-refractivity contribution is 7.89. The Labute approximate surface area is 133 Å². The first-order valence-corrected chi connectivity index (χ1v) is 9.19. The summed E-state index contributed by atoms with van der Waals surface area (Å²) in [4.78, 5) is 0.259. The van der Waals surface area contributed by atoms with E-state index in [9.17, 15) is 8.42 Å². The van der Waals surface area contributed by atoms with E-state index in [0.717, 1.165) is 18.5 Å². The third-order valence-corrected chi connectivity index (χ3v) is 5.66. The summed E-state index contributed by atoms with van der Waals surface area (Å²) in [6.45, 7) is 9.32. The molecule has 21 heavy (non-hydrogen) atoms. The van der Waals surface area contributed by atoms with Gasteiger partial charge in [-0.1, -0.05) is 38.8 Å². The third-order valence-electron chi connectivity index (χ3n) is 3.73.